The van der Waals surface area contributed by atoms with Crippen LogP contribution < -0.4 is 0 Å². The van der Waals surface area contributed by atoms with Crippen molar-refractivity contribution in [3.63, 3.8) is 0 Å². The van der Waals surface area contributed by atoms with Crippen LogP contribution in [0.1, 0.15) is 32.3 Å². The van der Waals surface area contributed by atoms with Gasteiger partial charge in [0.05, 0.1) is 22.9 Å². The van der Waals surface area contributed by atoms with Gasteiger partial charge in [-0.15, -0.1) is 0 Å². The number of fused-ring (bicyclic) bond motifs is 2. The minimum Gasteiger partial charge on any atom is -0.461 e. The van der Waals surface area contributed by atoms with Crippen molar-refractivity contribution in [2.45, 2.75) is 56.5 Å². The number of allylic oxidation sites excluding steroid dienone is 1. The van der Waals surface area contributed by atoms with E-state index in [9.17, 15) is 9.90 Å². The first-order valence-electron chi connectivity index (χ1n) is 9.55. The molecule has 134 valence electrons. The standard InChI is InChI=1S/C21H22N2O3/c1-3-11-12-8-15-18-21(13-6-4-5-7-14(13)22-18)9-16(23(15)20(11)25)17(12)19(21)26-10(2)24/h3-7,12,15-17,19-20,25H,8-9H2,1-2H3/b11-3-/t12-,15-,16-,17-,19+,20?,21+/m0/s1. The molecule has 1 saturated carbocycles. The third-order valence-electron chi connectivity index (χ3n) is 7.53. The number of aliphatic imine (C=N–C) groups is 1. The van der Waals surface area contributed by atoms with Crippen LogP contribution in [0.2, 0.25) is 0 Å². The Bertz CT molecular complexity index is 906. The van der Waals surface area contributed by atoms with Gasteiger partial charge < -0.3 is 9.84 Å². The Morgan fingerprint density at radius 2 is 2.23 bits per heavy atom. The van der Waals surface area contributed by atoms with Crippen LogP contribution in [0.4, 0.5) is 5.69 Å². The van der Waals surface area contributed by atoms with Gasteiger partial charge >= 0.3 is 5.97 Å². The molecule has 1 aliphatic carbocycles. The molecule has 26 heavy (non-hydrogen) atoms. The average Bonchev–Trinajstić information content (AvgIpc) is 3.08. The van der Waals surface area contributed by atoms with Crippen molar-refractivity contribution in [1.29, 1.82) is 0 Å². The van der Waals surface area contributed by atoms with Gasteiger partial charge in [0.15, 0.2) is 0 Å². The highest BCUT2D eigenvalue weighted by molar-refractivity contribution is 6.08. The quantitative estimate of drug-likeness (QED) is 0.624. The van der Waals surface area contributed by atoms with E-state index in [1.165, 1.54) is 12.5 Å². The van der Waals surface area contributed by atoms with Gasteiger partial charge in [-0.1, -0.05) is 24.3 Å². The SMILES string of the molecule is C/C=C1\C(O)N2[C@H]3C[C@@H]1[C@@H]1[C@@H](OC(C)=O)[C@@]4(C[C@@H]12)C3=Nc1ccccc14. The minimum absolute atomic E-state index is 0.140. The van der Waals surface area contributed by atoms with Gasteiger partial charge in [0.1, 0.15) is 12.3 Å². The predicted octanol–water partition coefficient (Wildman–Crippen LogP) is 2.31. The van der Waals surface area contributed by atoms with Crippen LogP contribution in [0.3, 0.4) is 0 Å². The summed E-state index contributed by atoms with van der Waals surface area (Å²) in [5, 5.41) is 11.0. The molecule has 0 aromatic heterocycles. The first-order chi connectivity index (χ1) is 12.6. The lowest BCUT2D eigenvalue weighted by Gasteiger charge is -2.58. The van der Waals surface area contributed by atoms with Crippen molar-refractivity contribution in [2.75, 3.05) is 0 Å². The number of carbonyl (C=O) groups is 1. The van der Waals surface area contributed by atoms with Crippen molar-refractivity contribution >= 4 is 17.4 Å². The number of rotatable bonds is 1. The number of hydrogen-bond acceptors (Lipinski definition) is 5. The molecule has 1 N–H and O–H groups in total. The molecule has 6 aliphatic rings. The largest absolute Gasteiger partial charge is 0.461 e. The van der Waals surface area contributed by atoms with E-state index in [1.807, 2.05) is 13.0 Å². The third kappa shape index (κ3) is 1.45. The summed E-state index contributed by atoms with van der Waals surface area (Å²) >= 11 is 0. The van der Waals surface area contributed by atoms with Crippen molar-refractivity contribution < 1.29 is 14.6 Å². The highest BCUT2D eigenvalue weighted by atomic mass is 16.5. The molecule has 2 unspecified atom stereocenters. The second-order valence-electron chi connectivity index (χ2n) is 8.33. The van der Waals surface area contributed by atoms with Crippen LogP contribution in [0.25, 0.3) is 0 Å². The Kier molecular flexibility index (Phi) is 2.70. The van der Waals surface area contributed by atoms with E-state index in [-0.39, 0.29) is 41.4 Å². The normalized spacial score (nSPS) is 47.7. The first-order valence-corrected chi connectivity index (χ1v) is 9.55. The van der Waals surface area contributed by atoms with E-state index in [0.717, 1.165) is 29.8 Å². The molecule has 1 aromatic rings. The number of aliphatic hydroxyl groups excluding tert-OH is 1. The summed E-state index contributed by atoms with van der Waals surface area (Å²) in [4.78, 5) is 19.3. The molecule has 5 bridgehead atoms. The molecule has 5 aliphatic heterocycles. The molecule has 0 radical (unpaired) electrons. The van der Waals surface area contributed by atoms with Crippen molar-refractivity contribution in [1.82, 2.24) is 4.90 Å². The molecule has 0 amide bonds. The number of esters is 1. The second kappa shape index (κ2) is 4.65. The Balaban J connectivity index is 1.62. The van der Waals surface area contributed by atoms with Crippen molar-refractivity contribution in [3.8, 4) is 0 Å². The van der Waals surface area contributed by atoms with Gasteiger partial charge in [0.2, 0.25) is 0 Å². The van der Waals surface area contributed by atoms with Crippen LogP contribution in [0.5, 0.6) is 0 Å². The van der Waals surface area contributed by atoms with Crippen molar-refractivity contribution in [3.05, 3.63) is 41.5 Å². The monoisotopic (exact) mass is 350 g/mol. The highest BCUT2D eigenvalue weighted by Crippen LogP contribution is 2.67. The number of carbonyl (C=O) groups excluding carboxylic acids is 1. The second-order valence-corrected chi connectivity index (χ2v) is 8.33. The summed E-state index contributed by atoms with van der Waals surface area (Å²) in [7, 11) is 0. The Labute approximate surface area is 152 Å². The van der Waals surface area contributed by atoms with E-state index in [2.05, 4.69) is 29.2 Å². The zero-order valence-corrected chi connectivity index (χ0v) is 14.9. The van der Waals surface area contributed by atoms with E-state index < -0.39 is 6.23 Å². The fraction of sp³-hybridized carbons (Fsp3) is 0.524. The average molecular weight is 350 g/mol. The zero-order valence-electron chi connectivity index (χ0n) is 14.9. The number of aliphatic hydroxyl groups is 1. The molecular weight excluding hydrogens is 328 g/mol. The number of hydrogen-bond donors (Lipinski definition) is 1. The van der Waals surface area contributed by atoms with Crippen LogP contribution in [-0.4, -0.2) is 46.1 Å². The van der Waals surface area contributed by atoms with Crippen LogP contribution in [0.15, 0.2) is 40.9 Å². The number of nitrogens with zero attached hydrogens (tertiary/aromatic N) is 2. The number of piperidine rings is 4. The van der Waals surface area contributed by atoms with Gasteiger partial charge in [-0.25, -0.2) is 0 Å². The van der Waals surface area contributed by atoms with E-state index in [1.54, 1.807) is 0 Å². The van der Waals surface area contributed by atoms with Gasteiger partial charge in [-0.3, -0.25) is 14.7 Å². The van der Waals surface area contributed by atoms with Crippen LogP contribution in [0, 0.1) is 11.8 Å². The molecule has 4 saturated heterocycles. The lowest BCUT2D eigenvalue weighted by atomic mass is 9.66. The fourth-order valence-corrected chi connectivity index (χ4v) is 6.90. The van der Waals surface area contributed by atoms with Gasteiger partial charge in [-0.2, -0.15) is 0 Å². The minimum atomic E-state index is -0.537. The van der Waals surface area contributed by atoms with E-state index in [0.29, 0.717) is 0 Å². The molecule has 5 fully saturated rings. The van der Waals surface area contributed by atoms with E-state index in [4.69, 9.17) is 9.73 Å². The smallest absolute Gasteiger partial charge is 0.302 e. The molecule has 5 nitrogen and oxygen atoms in total. The maximum Gasteiger partial charge on any atom is 0.302 e. The topological polar surface area (TPSA) is 62.1 Å². The summed E-state index contributed by atoms with van der Waals surface area (Å²) in [5.74, 6) is 0.264. The number of benzene rings is 1. The molecule has 8 atom stereocenters. The number of ether oxygens (including phenoxy) is 1. The Hall–Kier alpha value is -1.98. The Morgan fingerprint density at radius 1 is 1.42 bits per heavy atom. The lowest BCUT2D eigenvalue weighted by Crippen LogP contribution is -2.68. The predicted molar refractivity (Wildman–Crippen MR) is 96.2 cm³/mol. The summed E-state index contributed by atoms with van der Waals surface area (Å²) < 4.78 is 6.04. The lowest BCUT2D eigenvalue weighted by molar-refractivity contribution is -0.156. The summed E-state index contributed by atoms with van der Waals surface area (Å²) in [5.41, 5.74) is 4.10. The molecular formula is C21H22N2O3. The van der Waals surface area contributed by atoms with Gasteiger partial charge in [0.25, 0.3) is 0 Å². The maximum absolute atomic E-state index is 12.0. The summed E-state index contributed by atoms with van der Waals surface area (Å²) in [6.07, 6.45) is 3.17. The Morgan fingerprint density at radius 3 is 3.00 bits per heavy atom. The molecule has 5 heterocycles. The summed E-state index contributed by atoms with van der Waals surface area (Å²) in [6.45, 7) is 3.51. The highest BCUT2D eigenvalue weighted by Gasteiger charge is 2.74. The van der Waals surface area contributed by atoms with Crippen molar-refractivity contribution in [2.24, 2.45) is 16.8 Å². The molecule has 1 spiro atoms. The fourth-order valence-electron chi connectivity index (χ4n) is 6.90. The molecule has 5 heteroatoms. The van der Waals surface area contributed by atoms with Crippen LogP contribution >= 0.6 is 0 Å². The zero-order chi connectivity index (χ0) is 17.8. The molecule has 7 rings (SSSR count). The maximum atomic E-state index is 12.0. The van der Waals surface area contributed by atoms with E-state index >= 15 is 0 Å². The third-order valence-corrected chi connectivity index (χ3v) is 7.53. The molecule has 1 aromatic carbocycles. The van der Waals surface area contributed by atoms with Gasteiger partial charge in [-0.05, 0) is 42.9 Å². The first kappa shape index (κ1) is 15.1. The number of para-hydroxylation sites is 1. The van der Waals surface area contributed by atoms with Gasteiger partial charge in [0, 0.05) is 18.9 Å². The summed E-state index contributed by atoms with van der Waals surface area (Å²) in [6, 6.07) is 8.67. The van der Waals surface area contributed by atoms with Crippen LogP contribution in [-0.2, 0) is 14.9 Å².